The molecule has 0 saturated heterocycles. The number of benzene rings is 1. The number of pyridine rings is 1. The fourth-order valence-corrected chi connectivity index (χ4v) is 4.33. The van der Waals surface area contributed by atoms with Crippen molar-refractivity contribution in [2.45, 2.75) is 12.8 Å². The fraction of sp³-hybridized carbons (Fsp3) is 0.167. The average Bonchev–Trinajstić information content (AvgIpc) is 3.21. The summed E-state index contributed by atoms with van der Waals surface area (Å²) >= 11 is 1.28. The van der Waals surface area contributed by atoms with Crippen LogP contribution in [0, 0.1) is 0 Å². The van der Waals surface area contributed by atoms with E-state index in [2.05, 4.69) is 19.8 Å². The molecule has 0 radical (unpaired) electrons. The number of halogens is 2. The van der Waals surface area contributed by atoms with Crippen molar-refractivity contribution in [2.24, 2.45) is 0 Å². The molecule has 1 aromatic carbocycles. The molecule has 0 spiro atoms. The molecule has 0 amide bonds. The predicted octanol–water partition coefficient (Wildman–Crippen LogP) is 3.59. The van der Waals surface area contributed by atoms with Gasteiger partial charge >= 0.3 is 0 Å². The van der Waals surface area contributed by atoms with E-state index in [1.807, 2.05) is 0 Å². The molecule has 4 rings (SSSR count). The van der Waals surface area contributed by atoms with Gasteiger partial charge in [-0.15, -0.1) is 0 Å². The maximum atomic E-state index is 13.8. The van der Waals surface area contributed by atoms with Gasteiger partial charge in [-0.3, -0.25) is 4.72 Å². The van der Waals surface area contributed by atoms with Crippen LogP contribution in [-0.2, 0) is 15.9 Å². The molecule has 3 N–H and O–H groups in total. The highest BCUT2D eigenvalue weighted by atomic mass is 32.2. The van der Waals surface area contributed by atoms with E-state index in [9.17, 15) is 17.2 Å². The molecule has 0 atom stereocenters. The molecule has 30 heavy (non-hydrogen) atoms. The van der Waals surface area contributed by atoms with Crippen molar-refractivity contribution in [1.29, 1.82) is 0 Å². The Morgan fingerprint density at radius 1 is 1.17 bits per heavy atom. The van der Waals surface area contributed by atoms with Crippen molar-refractivity contribution in [3.63, 3.8) is 0 Å². The van der Waals surface area contributed by atoms with E-state index in [1.54, 1.807) is 24.3 Å². The van der Waals surface area contributed by atoms with Crippen LogP contribution in [0.3, 0.4) is 0 Å². The van der Waals surface area contributed by atoms with Gasteiger partial charge in [0.05, 0.1) is 23.7 Å². The molecule has 0 unspecified atom stereocenters. The van der Waals surface area contributed by atoms with Crippen LogP contribution in [0.4, 0.5) is 20.3 Å². The number of aromatic nitrogens is 4. The maximum absolute atomic E-state index is 13.8. The van der Waals surface area contributed by atoms with Crippen LogP contribution in [0.15, 0.2) is 42.7 Å². The Bertz CT molecular complexity index is 1360. The summed E-state index contributed by atoms with van der Waals surface area (Å²) in [7, 11) is -3.42. The predicted molar refractivity (Wildman–Crippen MR) is 112 cm³/mol. The number of imidazole rings is 1. The first-order valence-corrected chi connectivity index (χ1v) is 11.3. The van der Waals surface area contributed by atoms with Crippen LogP contribution >= 0.6 is 11.3 Å². The standard InChI is InChI=1S/C18H16F2N6O2S2/c1-18(19,20)13-7-11(8-22-15(13)21)14-9-23-17-26(14)24-16(29-17)10-4-3-5-12(6-10)25-30(2,27)28/h3-9,25H,1-2H3,(H2,21,22). The largest absolute Gasteiger partial charge is 0.383 e. The van der Waals surface area contributed by atoms with Gasteiger partial charge in [0.15, 0.2) is 0 Å². The molecular formula is C18H16F2N6O2S2. The van der Waals surface area contributed by atoms with Crippen LogP contribution in [0.1, 0.15) is 12.5 Å². The highest BCUT2D eigenvalue weighted by Crippen LogP contribution is 2.35. The van der Waals surface area contributed by atoms with Gasteiger partial charge in [-0.1, -0.05) is 23.5 Å². The topological polar surface area (TPSA) is 115 Å². The molecule has 0 aliphatic carbocycles. The number of nitrogen functional groups attached to an aromatic ring is 1. The molecule has 3 heterocycles. The zero-order valence-electron chi connectivity index (χ0n) is 15.8. The first kappa shape index (κ1) is 20.2. The summed E-state index contributed by atoms with van der Waals surface area (Å²) in [5.41, 5.74) is 7.20. The van der Waals surface area contributed by atoms with Gasteiger partial charge in [0, 0.05) is 29.9 Å². The van der Waals surface area contributed by atoms with E-state index in [0.29, 0.717) is 32.5 Å². The van der Waals surface area contributed by atoms with Crippen molar-refractivity contribution >= 4 is 37.8 Å². The van der Waals surface area contributed by atoms with E-state index >= 15 is 0 Å². The van der Waals surface area contributed by atoms with E-state index < -0.39 is 15.9 Å². The lowest BCUT2D eigenvalue weighted by atomic mass is 10.1. The molecule has 0 saturated carbocycles. The van der Waals surface area contributed by atoms with Crippen LogP contribution in [0.5, 0.6) is 0 Å². The summed E-state index contributed by atoms with van der Waals surface area (Å²) in [6.07, 6.45) is 3.98. The number of rotatable bonds is 5. The number of hydrogen-bond donors (Lipinski definition) is 2. The van der Waals surface area contributed by atoms with Crippen molar-refractivity contribution < 1.29 is 17.2 Å². The van der Waals surface area contributed by atoms with Gasteiger partial charge in [-0.2, -0.15) is 5.10 Å². The summed E-state index contributed by atoms with van der Waals surface area (Å²) in [4.78, 5) is 8.73. The number of nitrogens with zero attached hydrogens (tertiary/aromatic N) is 4. The number of alkyl halides is 2. The van der Waals surface area contributed by atoms with Crippen molar-refractivity contribution in [3.05, 3.63) is 48.3 Å². The third-order valence-electron chi connectivity index (χ3n) is 4.19. The number of fused-ring (bicyclic) bond motifs is 1. The summed E-state index contributed by atoms with van der Waals surface area (Å²) in [6.45, 7) is 0.759. The molecule has 4 aromatic rings. The molecule has 0 aliphatic heterocycles. The normalized spacial score (nSPS) is 12.4. The first-order valence-electron chi connectivity index (χ1n) is 8.58. The summed E-state index contributed by atoms with van der Waals surface area (Å²) < 4.78 is 54.5. The second-order valence-electron chi connectivity index (χ2n) is 6.75. The Morgan fingerprint density at radius 2 is 1.93 bits per heavy atom. The van der Waals surface area contributed by atoms with Gasteiger partial charge in [-0.25, -0.2) is 31.7 Å². The summed E-state index contributed by atoms with van der Waals surface area (Å²) in [5.74, 6) is -3.38. The van der Waals surface area contributed by atoms with Crippen molar-refractivity contribution in [3.8, 4) is 21.8 Å². The SMILES string of the molecule is CC(F)(F)c1cc(-c2cnc3sc(-c4cccc(NS(C)(=O)=O)c4)nn23)cnc1N. The lowest BCUT2D eigenvalue weighted by molar-refractivity contribution is 0.0180. The molecular weight excluding hydrogens is 434 g/mol. The minimum Gasteiger partial charge on any atom is -0.383 e. The van der Waals surface area contributed by atoms with E-state index in [4.69, 9.17) is 5.73 Å². The zero-order chi connectivity index (χ0) is 21.7. The lowest BCUT2D eigenvalue weighted by Gasteiger charge is -2.13. The Morgan fingerprint density at radius 3 is 2.63 bits per heavy atom. The molecule has 12 heteroatoms. The first-order chi connectivity index (χ1) is 14.0. The van der Waals surface area contributed by atoms with Gasteiger partial charge in [0.1, 0.15) is 10.8 Å². The van der Waals surface area contributed by atoms with Gasteiger partial charge in [0.25, 0.3) is 5.92 Å². The Kier molecular flexibility index (Phi) is 4.70. The number of nitrogens with two attached hydrogens (primary N) is 1. The molecule has 8 nitrogen and oxygen atoms in total. The minimum atomic E-state index is -3.42. The highest BCUT2D eigenvalue weighted by Gasteiger charge is 2.28. The molecule has 0 aliphatic rings. The lowest BCUT2D eigenvalue weighted by Crippen LogP contribution is -2.12. The van der Waals surface area contributed by atoms with E-state index in [0.717, 1.165) is 13.2 Å². The highest BCUT2D eigenvalue weighted by molar-refractivity contribution is 7.92. The average molecular weight is 450 g/mol. The van der Waals surface area contributed by atoms with Crippen LogP contribution in [0.25, 0.3) is 26.8 Å². The Labute approximate surface area is 174 Å². The fourth-order valence-electron chi connectivity index (χ4n) is 2.90. The number of anilines is 2. The molecule has 0 bridgehead atoms. The van der Waals surface area contributed by atoms with Crippen LogP contribution in [-0.4, -0.2) is 34.3 Å². The number of sulfonamides is 1. The zero-order valence-corrected chi connectivity index (χ0v) is 17.4. The molecule has 0 fully saturated rings. The number of nitrogens with one attached hydrogen (secondary N) is 1. The number of hydrogen-bond acceptors (Lipinski definition) is 7. The third-order valence-corrected chi connectivity index (χ3v) is 5.76. The minimum absolute atomic E-state index is 0.235. The monoisotopic (exact) mass is 450 g/mol. The Hall–Kier alpha value is -3.12. The maximum Gasteiger partial charge on any atom is 0.274 e. The summed E-state index contributed by atoms with van der Waals surface area (Å²) in [6, 6.07) is 8.04. The Balaban J connectivity index is 1.77. The van der Waals surface area contributed by atoms with Gasteiger partial charge in [0.2, 0.25) is 15.0 Å². The quantitative estimate of drug-likeness (QED) is 0.480. The van der Waals surface area contributed by atoms with Gasteiger partial charge < -0.3 is 5.73 Å². The molecule has 156 valence electrons. The van der Waals surface area contributed by atoms with E-state index in [1.165, 1.54) is 34.3 Å². The van der Waals surface area contributed by atoms with Crippen LogP contribution < -0.4 is 10.5 Å². The van der Waals surface area contributed by atoms with Crippen molar-refractivity contribution in [2.75, 3.05) is 16.7 Å². The van der Waals surface area contributed by atoms with Crippen LogP contribution in [0.2, 0.25) is 0 Å². The van der Waals surface area contributed by atoms with E-state index in [-0.39, 0.29) is 11.4 Å². The van der Waals surface area contributed by atoms with Gasteiger partial charge in [-0.05, 0) is 18.2 Å². The smallest absolute Gasteiger partial charge is 0.274 e. The third kappa shape index (κ3) is 3.96. The second-order valence-corrected chi connectivity index (χ2v) is 9.45. The molecule has 3 aromatic heterocycles. The summed E-state index contributed by atoms with van der Waals surface area (Å²) in [5, 5.41) is 5.10. The van der Waals surface area contributed by atoms with Crippen molar-refractivity contribution in [1.82, 2.24) is 19.6 Å². The second kappa shape index (κ2) is 6.99.